The highest BCUT2D eigenvalue weighted by atomic mass is 79.9. The first kappa shape index (κ1) is 4.93. The maximum atomic E-state index is 3.27. The molecule has 40 valence electrons. The summed E-state index contributed by atoms with van der Waals surface area (Å²) in [5, 5.41) is 1.82. The minimum absolute atomic E-state index is 1.01. The first-order valence-electron chi connectivity index (χ1n) is 1.91. The Labute approximate surface area is 50.4 Å². The Morgan fingerprint density at radius 3 is 2.71 bits per heavy atom. The maximum Gasteiger partial charge on any atom is 0.113 e. The van der Waals surface area contributed by atoms with Crippen LogP contribution in [0.25, 0.3) is 0 Å². The summed E-state index contributed by atoms with van der Waals surface area (Å²) >= 11 is 3.27. The van der Waals surface area contributed by atoms with Gasteiger partial charge < -0.3 is 5.43 Å². The molecule has 1 rings (SSSR count). The van der Waals surface area contributed by atoms with E-state index < -0.39 is 0 Å². The van der Waals surface area contributed by atoms with Crippen LogP contribution in [0.4, 0.5) is 0 Å². The molecule has 0 aromatic heterocycles. The highest BCUT2D eigenvalue weighted by molar-refractivity contribution is 9.11. The van der Waals surface area contributed by atoms with E-state index in [-0.39, 0.29) is 0 Å². The van der Waals surface area contributed by atoms with E-state index in [1.54, 1.807) is 0 Å². The zero-order chi connectivity index (χ0) is 5.28. The fourth-order valence-electron chi connectivity index (χ4n) is 0.339. The smallest absolute Gasteiger partial charge is 0.113 e. The van der Waals surface area contributed by atoms with Crippen molar-refractivity contribution < 1.29 is 0 Å². The summed E-state index contributed by atoms with van der Waals surface area (Å²) in [6, 6.07) is 0. The summed E-state index contributed by atoms with van der Waals surface area (Å²) in [5.41, 5.74) is 5.60. The molecule has 0 saturated carbocycles. The van der Waals surface area contributed by atoms with Crippen LogP contribution in [0.1, 0.15) is 0 Å². The molecule has 0 fully saturated rings. The van der Waals surface area contributed by atoms with E-state index in [9.17, 15) is 0 Å². The van der Waals surface area contributed by atoms with Crippen LogP contribution < -0.4 is 11.0 Å². The van der Waals surface area contributed by atoms with E-state index in [4.69, 9.17) is 0 Å². The van der Waals surface area contributed by atoms with Crippen molar-refractivity contribution in [1.29, 1.82) is 0 Å². The molecule has 0 radical (unpaired) electrons. The second-order valence-electron chi connectivity index (χ2n) is 1.28. The van der Waals surface area contributed by atoms with E-state index in [0.717, 1.165) is 4.61 Å². The first-order valence-corrected chi connectivity index (χ1v) is 2.70. The summed E-state index contributed by atoms with van der Waals surface area (Å²) in [6.07, 6.45) is 1.82. The van der Waals surface area contributed by atoms with Crippen LogP contribution in [0.15, 0.2) is 10.8 Å². The lowest BCUT2D eigenvalue weighted by Crippen LogP contribution is -2.32. The van der Waals surface area contributed by atoms with Crippen molar-refractivity contribution in [3.05, 3.63) is 10.8 Å². The van der Waals surface area contributed by atoms with Crippen LogP contribution in [-0.2, 0) is 0 Å². The molecule has 7 heavy (non-hydrogen) atoms. The highest BCUT2D eigenvalue weighted by Crippen LogP contribution is 2.07. The molecule has 0 spiro atoms. The zero-order valence-electron chi connectivity index (χ0n) is 3.90. The van der Waals surface area contributed by atoms with Gasteiger partial charge in [0.2, 0.25) is 0 Å². The second-order valence-corrected chi connectivity index (χ2v) is 2.09. The first-order chi connectivity index (χ1) is 3.30. The number of halogens is 1. The maximum absolute atomic E-state index is 3.27. The third kappa shape index (κ3) is 0.863. The number of nitrogens with one attached hydrogen (secondary N) is 2. The van der Waals surface area contributed by atoms with Crippen molar-refractivity contribution in [1.82, 2.24) is 16.0 Å². The molecule has 1 aliphatic heterocycles. The monoisotopic (exact) mass is 163 g/mol. The van der Waals surface area contributed by atoms with Crippen molar-refractivity contribution >= 4 is 15.9 Å². The Morgan fingerprint density at radius 2 is 2.57 bits per heavy atom. The standard InChI is InChI=1S/C3H6BrN3/c1-7-3(4)2-5-6-7/h2,5-6H,1H3. The zero-order valence-corrected chi connectivity index (χ0v) is 5.49. The number of hydrogen-bond acceptors (Lipinski definition) is 3. The lowest BCUT2D eigenvalue weighted by molar-refractivity contribution is 0.324. The fraction of sp³-hybridized carbons (Fsp3) is 0.333. The molecule has 0 aromatic rings. The molecule has 0 aromatic carbocycles. The summed E-state index contributed by atoms with van der Waals surface area (Å²) in [4.78, 5) is 0. The van der Waals surface area contributed by atoms with E-state index in [2.05, 4.69) is 26.9 Å². The van der Waals surface area contributed by atoms with Crippen molar-refractivity contribution in [2.75, 3.05) is 7.05 Å². The number of nitrogens with zero attached hydrogens (tertiary/aromatic N) is 1. The van der Waals surface area contributed by atoms with Gasteiger partial charge in [0, 0.05) is 13.2 Å². The van der Waals surface area contributed by atoms with E-state index in [1.165, 1.54) is 0 Å². The molecule has 0 atom stereocenters. The number of hydrogen-bond donors (Lipinski definition) is 2. The van der Waals surface area contributed by atoms with Crippen LogP contribution in [0.5, 0.6) is 0 Å². The SMILES string of the molecule is CN1NNC=C1Br. The minimum atomic E-state index is 1.01. The van der Waals surface area contributed by atoms with Gasteiger partial charge in [0.05, 0.1) is 0 Å². The van der Waals surface area contributed by atoms with Crippen LogP contribution in [0, 0.1) is 0 Å². The van der Waals surface area contributed by atoms with Gasteiger partial charge in [-0.05, 0) is 15.9 Å². The lowest BCUT2D eigenvalue weighted by Gasteiger charge is -2.08. The number of rotatable bonds is 0. The molecule has 0 unspecified atom stereocenters. The summed E-state index contributed by atoms with van der Waals surface area (Å²) in [5.74, 6) is 0. The molecule has 0 amide bonds. The van der Waals surface area contributed by atoms with Gasteiger partial charge in [-0.2, -0.15) is 0 Å². The Morgan fingerprint density at radius 1 is 1.86 bits per heavy atom. The van der Waals surface area contributed by atoms with E-state index in [0.29, 0.717) is 0 Å². The van der Waals surface area contributed by atoms with E-state index >= 15 is 0 Å². The lowest BCUT2D eigenvalue weighted by atomic mass is 10.9. The molecule has 3 nitrogen and oxygen atoms in total. The average molecular weight is 164 g/mol. The average Bonchev–Trinajstić information content (AvgIpc) is 1.91. The Bertz CT molecular complexity index is 100. The van der Waals surface area contributed by atoms with Crippen LogP contribution in [0.3, 0.4) is 0 Å². The molecular weight excluding hydrogens is 158 g/mol. The molecule has 0 bridgehead atoms. The van der Waals surface area contributed by atoms with Crippen LogP contribution in [-0.4, -0.2) is 12.1 Å². The van der Waals surface area contributed by atoms with Crippen molar-refractivity contribution in [2.45, 2.75) is 0 Å². The van der Waals surface area contributed by atoms with Gasteiger partial charge in [-0.1, -0.05) is 0 Å². The predicted molar refractivity (Wildman–Crippen MR) is 31.0 cm³/mol. The molecule has 0 saturated heterocycles. The molecule has 1 aliphatic rings. The van der Waals surface area contributed by atoms with E-state index in [1.807, 2.05) is 18.3 Å². The van der Waals surface area contributed by atoms with Gasteiger partial charge >= 0.3 is 0 Å². The third-order valence-corrected chi connectivity index (χ3v) is 1.50. The molecule has 0 aliphatic carbocycles. The quantitative estimate of drug-likeness (QED) is 0.498. The highest BCUT2D eigenvalue weighted by Gasteiger charge is 2.02. The van der Waals surface area contributed by atoms with Gasteiger partial charge in [-0.15, -0.1) is 5.53 Å². The summed E-state index contributed by atoms with van der Waals surface area (Å²) < 4.78 is 1.01. The van der Waals surface area contributed by atoms with Gasteiger partial charge in [0.1, 0.15) is 4.61 Å². The van der Waals surface area contributed by atoms with Gasteiger partial charge in [-0.25, -0.2) is 0 Å². The largest absolute Gasteiger partial charge is 0.308 e. The van der Waals surface area contributed by atoms with Crippen molar-refractivity contribution in [3.8, 4) is 0 Å². The second kappa shape index (κ2) is 1.71. The van der Waals surface area contributed by atoms with Crippen LogP contribution >= 0.6 is 15.9 Å². The Kier molecular flexibility index (Phi) is 1.21. The number of hydrazine groups is 2. The summed E-state index contributed by atoms with van der Waals surface area (Å²) in [7, 11) is 1.90. The molecule has 2 N–H and O–H groups in total. The topological polar surface area (TPSA) is 27.3 Å². The third-order valence-electron chi connectivity index (χ3n) is 0.744. The molecular formula is C3H6BrN3. The van der Waals surface area contributed by atoms with Crippen molar-refractivity contribution in [2.24, 2.45) is 0 Å². The van der Waals surface area contributed by atoms with Gasteiger partial charge in [0.15, 0.2) is 0 Å². The fourth-order valence-corrected chi connectivity index (χ4v) is 0.542. The molecule has 4 heteroatoms. The van der Waals surface area contributed by atoms with Crippen molar-refractivity contribution in [3.63, 3.8) is 0 Å². The predicted octanol–water partition coefficient (Wildman–Crippen LogP) is 0.135. The van der Waals surface area contributed by atoms with Gasteiger partial charge in [-0.3, -0.25) is 5.01 Å². The molecule has 1 heterocycles. The van der Waals surface area contributed by atoms with Crippen LogP contribution in [0.2, 0.25) is 0 Å². The Hall–Kier alpha value is -0.220. The van der Waals surface area contributed by atoms with Gasteiger partial charge in [0.25, 0.3) is 0 Å². The Balaban J connectivity index is 2.54. The minimum Gasteiger partial charge on any atom is -0.308 e. The summed E-state index contributed by atoms with van der Waals surface area (Å²) in [6.45, 7) is 0. The normalized spacial score (nSPS) is 19.1.